The average Bonchev–Trinajstić information content (AvgIpc) is 2.71. The van der Waals surface area contributed by atoms with Crippen LogP contribution in [0.4, 0.5) is 4.39 Å². The third kappa shape index (κ3) is 6.52. The van der Waals surface area contributed by atoms with Crippen LogP contribution >= 0.6 is 11.6 Å². The molecule has 3 aliphatic rings. The molecule has 3 rings (SSSR count). The van der Waals surface area contributed by atoms with Gasteiger partial charge in [-0.25, -0.2) is 4.39 Å². The number of hydrogen-bond acceptors (Lipinski definition) is 3. The molecule has 5 atom stereocenters. The molecule has 0 bridgehead atoms. The lowest BCUT2D eigenvalue weighted by molar-refractivity contribution is -0.136. The molecule has 2 aliphatic carbocycles. The largest absolute Gasteiger partial charge is 0.412 e. The summed E-state index contributed by atoms with van der Waals surface area (Å²) >= 11 is 6.12. The van der Waals surface area contributed by atoms with Gasteiger partial charge in [0, 0.05) is 24.7 Å². The van der Waals surface area contributed by atoms with E-state index in [1.54, 1.807) is 0 Å². The first-order chi connectivity index (χ1) is 13.8. The zero-order chi connectivity index (χ0) is 21.0. The standard InChI is InChI=1S/C23H36ClFN2O2.H2O/c1-15(2)22(26-14-16-3-8-20(25)21(28)13-16)23(29)27-11-9-18(10-12-27)17-4-6-19(24)7-5-17;/h3,6,8,15-18,20-22,26,28H,4-5,7,9-14H2,1-2H3;1H2/t16?,17?,20?,21?,22-;/m1./s1. The zero-order valence-electron chi connectivity index (χ0n) is 18.2. The molecule has 0 aromatic carbocycles. The van der Waals surface area contributed by atoms with Crippen LogP contribution in [-0.4, -0.2) is 59.3 Å². The van der Waals surface area contributed by atoms with Crippen molar-refractivity contribution in [3.63, 3.8) is 0 Å². The average molecular weight is 445 g/mol. The number of aliphatic hydroxyl groups excluding tert-OH is 1. The number of likely N-dealkylation sites (tertiary alicyclic amines) is 1. The van der Waals surface area contributed by atoms with Crippen LogP contribution in [0.2, 0.25) is 0 Å². The number of amides is 1. The van der Waals surface area contributed by atoms with Crippen LogP contribution in [-0.2, 0) is 4.79 Å². The summed E-state index contributed by atoms with van der Waals surface area (Å²) in [6.45, 7) is 6.36. The Labute approximate surface area is 185 Å². The van der Waals surface area contributed by atoms with Crippen LogP contribution in [0.3, 0.4) is 0 Å². The lowest BCUT2D eigenvalue weighted by Crippen LogP contribution is -2.52. The lowest BCUT2D eigenvalue weighted by atomic mass is 9.78. The van der Waals surface area contributed by atoms with Crippen LogP contribution < -0.4 is 5.32 Å². The van der Waals surface area contributed by atoms with E-state index in [1.165, 1.54) is 12.5 Å². The normalized spacial score (nSPS) is 31.3. The summed E-state index contributed by atoms with van der Waals surface area (Å²) in [5.74, 6) is 1.81. The lowest BCUT2D eigenvalue weighted by Gasteiger charge is -2.39. The Balaban J connectivity index is 0.00000320. The maximum Gasteiger partial charge on any atom is 0.239 e. The molecule has 1 heterocycles. The Bertz CT molecular complexity index is 620. The van der Waals surface area contributed by atoms with E-state index >= 15 is 0 Å². The first-order valence-corrected chi connectivity index (χ1v) is 11.6. The van der Waals surface area contributed by atoms with Gasteiger partial charge in [0.05, 0.1) is 12.1 Å². The molecule has 172 valence electrons. The van der Waals surface area contributed by atoms with Crippen molar-refractivity contribution in [3.05, 3.63) is 23.3 Å². The van der Waals surface area contributed by atoms with E-state index in [0.717, 1.165) is 43.8 Å². The van der Waals surface area contributed by atoms with Gasteiger partial charge in [-0.2, -0.15) is 0 Å². The number of nitrogens with one attached hydrogen (secondary N) is 1. The molecule has 4 unspecified atom stereocenters. The first-order valence-electron chi connectivity index (χ1n) is 11.2. The molecule has 30 heavy (non-hydrogen) atoms. The number of alkyl halides is 1. The molecule has 4 N–H and O–H groups in total. The van der Waals surface area contributed by atoms with E-state index in [0.29, 0.717) is 24.8 Å². The molecule has 1 saturated heterocycles. The number of halogens is 2. The van der Waals surface area contributed by atoms with Crippen molar-refractivity contribution < 1.29 is 19.8 Å². The summed E-state index contributed by atoms with van der Waals surface area (Å²) in [6, 6.07) is -0.239. The van der Waals surface area contributed by atoms with Crippen molar-refractivity contribution in [2.45, 2.75) is 70.7 Å². The van der Waals surface area contributed by atoms with Gasteiger partial charge in [0.2, 0.25) is 5.91 Å². The molecule has 0 radical (unpaired) electrons. The van der Waals surface area contributed by atoms with Gasteiger partial charge in [0.25, 0.3) is 0 Å². The number of piperidine rings is 1. The van der Waals surface area contributed by atoms with Gasteiger partial charge in [-0.1, -0.05) is 43.7 Å². The predicted octanol–water partition coefficient (Wildman–Crippen LogP) is 3.21. The number of hydrogen-bond donors (Lipinski definition) is 2. The molecule has 0 aromatic heterocycles. The molecule has 0 aromatic rings. The highest BCUT2D eigenvalue weighted by molar-refractivity contribution is 6.29. The van der Waals surface area contributed by atoms with Gasteiger partial charge in [-0.3, -0.25) is 4.79 Å². The number of allylic oxidation sites excluding steroid dienone is 2. The fourth-order valence-electron chi connectivity index (χ4n) is 4.99. The maximum atomic E-state index is 13.4. The van der Waals surface area contributed by atoms with Gasteiger partial charge < -0.3 is 20.8 Å². The molecule has 1 aliphatic heterocycles. The van der Waals surface area contributed by atoms with E-state index in [-0.39, 0.29) is 29.3 Å². The van der Waals surface area contributed by atoms with E-state index in [4.69, 9.17) is 11.6 Å². The second-order valence-corrected chi connectivity index (χ2v) is 9.86. The topological polar surface area (TPSA) is 84.1 Å². The van der Waals surface area contributed by atoms with Crippen molar-refractivity contribution in [3.8, 4) is 0 Å². The summed E-state index contributed by atoms with van der Waals surface area (Å²) in [5.41, 5.74) is 0. The van der Waals surface area contributed by atoms with Crippen LogP contribution in [0, 0.1) is 23.7 Å². The predicted molar refractivity (Wildman–Crippen MR) is 119 cm³/mol. The highest BCUT2D eigenvalue weighted by Crippen LogP contribution is 2.36. The third-order valence-corrected chi connectivity index (χ3v) is 7.27. The summed E-state index contributed by atoms with van der Waals surface area (Å²) < 4.78 is 13.4. The Hall–Kier alpha value is -0.950. The van der Waals surface area contributed by atoms with E-state index in [9.17, 15) is 14.3 Å². The van der Waals surface area contributed by atoms with Gasteiger partial charge in [0.1, 0.15) is 6.17 Å². The Morgan fingerprint density at radius 2 is 1.97 bits per heavy atom. The highest BCUT2D eigenvalue weighted by Gasteiger charge is 2.33. The molecular weight excluding hydrogens is 407 g/mol. The molecule has 1 amide bonds. The number of carbonyl (C=O) groups excluding carboxylic acids is 1. The van der Waals surface area contributed by atoms with Crippen LogP contribution in [0.1, 0.15) is 52.4 Å². The summed E-state index contributed by atoms with van der Waals surface area (Å²) in [4.78, 5) is 15.2. The quantitative estimate of drug-likeness (QED) is 0.617. The van der Waals surface area contributed by atoms with Crippen LogP contribution in [0.15, 0.2) is 23.3 Å². The number of nitrogens with zero attached hydrogens (tertiary/aromatic N) is 1. The number of rotatable bonds is 6. The zero-order valence-corrected chi connectivity index (χ0v) is 19.0. The summed E-state index contributed by atoms with van der Waals surface area (Å²) in [6.07, 6.45) is 9.01. The highest BCUT2D eigenvalue weighted by atomic mass is 35.5. The fraction of sp³-hybridized carbons (Fsp3) is 0.783. The van der Waals surface area contributed by atoms with E-state index in [1.807, 2.05) is 11.0 Å². The first kappa shape index (κ1) is 25.3. The van der Waals surface area contributed by atoms with Gasteiger partial charge in [0.15, 0.2) is 0 Å². The summed E-state index contributed by atoms with van der Waals surface area (Å²) in [5, 5.41) is 14.1. The smallest absolute Gasteiger partial charge is 0.239 e. The van der Waals surface area contributed by atoms with E-state index < -0.39 is 12.3 Å². The van der Waals surface area contributed by atoms with Gasteiger partial charge in [-0.15, -0.1) is 0 Å². The van der Waals surface area contributed by atoms with E-state index in [2.05, 4.69) is 25.2 Å². The monoisotopic (exact) mass is 444 g/mol. The fourth-order valence-corrected chi connectivity index (χ4v) is 5.18. The van der Waals surface area contributed by atoms with Crippen LogP contribution in [0.25, 0.3) is 0 Å². The van der Waals surface area contributed by atoms with Gasteiger partial charge in [-0.05, 0) is 62.2 Å². The molecule has 7 heteroatoms. The Kier molecular flexibility index (Phi) is 9.79. The number of carbonyl (C=O) groups is 1. The maximum absolute atomic E-state index is 13.4. The number of aliphatic hydroxyl groups is 1. The minimum absolute atomic E-state index is 0. The second kappa shape index (κ2) is 11.6. The molecule has 0 spiro atoms. The van der Waals surface area contributed by atoms with Crippen LogP contribution in [0.5, 0.6) is 0 Å². The molecule has 0 saturated carbocycles. The SMILES string of the molecule is CC(C)[C@@H](NCC1C=CC(F)C(O)C1)C(=O)N1CCC(C2CC=C(Cl)CC2)CC1.O. The van der Waals surface area contributed by atoms with Gasteiger partial charge >= 0.3 is 0 Å². The minimum atomic E-state index is -1.27. The van der Waals surface area contributed by atoms with Crippen molar-refractivity contribution in [1.82, 2.24) is 10.2 Å². The Morgan fingerprint density at radius 1 is 1.27 bits per heavy atom. The van der Waals surface area contributed by atoms with Crippen molar-refractivity contribution in [2.24, 2.45) is 23.7 Å². The Morgan fingerprint density at radius 3 is 2.53 bits per heavy atom. The molecular formula is C23H38ClFN2O3. The van der Waals surface area contributed by atoms with Crippen molar-refractivity contribution in [2.75, 3.05) is 19.6 Å². The van der Waals surface area contributed by atoms with Crippen molar-refractivity contribution in [1.29, 1.82) is 0 Å². The second-order valence-electron chi connectivity index (χ2n) is 9.37. The summed E-state index contributed by atoms with van der Waals surface area (Å²) in [7, 11) is 0. The molecule has 5 nitrogen and oxygen atoms in total. The third-order valence-electron chi connectivity index (χ3n) is 6.93. The molecule has 1 fully saturated rings. The van der Waals surface area contributed by atoms with Crippen molar-refractivity contribution >= 4 is 17.5 Å². The minimum Gasteiger partial charge on any atom is -0.412 e.